The molecule has 5 rings (SSSR count). The molecule has 0 aliphatic heterocycles. The SMILES string of the molecule is Cc1cc(F)cc(C(=O)NC(C)C2CC2)c1NC(=O)c1cc(Cn2nnc(C(F)F)n2)nn1-c1ncccc1Cl. The number of hydrogen-bond acceptors (Lipinski definition) is 7. The van der Waals surface area contributed by atoms with Crippen molar-refractivity contribution in [3.63, 3.8) is 0 Å². The van der Waals surface area contributed by atoms with Gasteiger partial charge in [-0.05, 0) is 73.7 Å². The number of hydrogen-bond donors (Lipinski definition) is 2. The quantitative estimate of drug-likeness (QED) is 0.308. The van der Waals surface area contributed by atoms with Crippen molar-refractivity contribution in [2.75, 3.05) is 5.32 Å². The van der Waals surface area contributed by atoms with Gasteiger partial charge in [0.25, 0.3) is 11.8 Å². The number of alkyl halides is 2. The molecular weight excluding hydrogens is 551 g/mol. The largest absolute Gasteiger partial charge is 0.349 e. The number of aromatic nitrogens is 7. The summed E-state index contributed by atoms with van der Waals surface area (Å²) in [5, 5.41) is 20.6. The molecule has 15 heteroatoms. The third-order valence-electron chi connectivity index (χ3n) is 6.37. The number of nitrogens with one attached hydrogen (secondary N) is 2. The van der Waals surface area contributed by atoms with Gasteiger partial charge in [0.05, 0.1) is 22.0 Å². The zero-order valence-corrected chi connectivity index (χ0v) is 22.0. The number of benzene rings is 1. The Labute approximate surface area is 230 Å². The van der Waals surface area contributed by atoms with E-state index in [0.717, 1.165) is 23.7 Å². The molecule has 0 radical (unpaired) electrons. The van der Waals surface area contributed by atoms with Gasteiger partial charge in [0, 0.05) is 12.2 Å². The van der Waals surface area contributed by atoms with Crippen LogP contribution in [0, 0.1) is 18.7 Å². The molecule has 40 heavy (non-hydrogen) atoms. The van der Waals surface area contributed by atoms with E-state index in [-0.39, 0.29) is 46.1 Å². The van der Waals surface area contributed by atoms with E-state index < -0.39 is 29.9 Å². The van der Waals surface area contributed by atoms with Crippen molar-refractivity contribution >= 4 is 29.1 Å². The Morgan fingerprint density at radius 1 is 1.18 bits per heavy atom. The lowest BCUT2D eigenvalue weighted by atomic mass is 10.1. The molecule has 1 atom stereocenters. The lowest BCUT2D eigenvalue weighted by molar-refractivity contribution is 0.0936. The summed E-state index contributed by atoms with van der Waals surface area (Å²) in [4.78, 5) is 31.8. The lowest BCUT2D eigenvalue weighted by Crippen LogP contribution is -2.35. The normalized spacial score (nSPS) is 13.9. The van der Waals surface area contributed by atoms with Crippen LogP contribution < -0.4 is 10.6 Å². The number of anilines is 1. The van der Waals surface area contributed by atoms with Crippen LogP contribution in [0.5, 0.6) is 0 Å². The number of carbonyl (C=O) groups is 2. The first kappa shape index (κ1) is 27.2. The standard InChI is InChI=1S/C25H23ClF3N9O2/c1-12-8-15(27)9-17(24(39)31-13(2)14-5-6-14)20(12)32-25(40)19-10-16(11-37-35-22(21(28)29)33-36-37)34-38(19)23-18(26)4-3-7-30-23/h3-4,7-10,13-14,21H,5-6,11H2,1-2H3,(H,31,39)(H,32,40). The van der Waals surface area contributed by atoms with Crippen LogP contribution in [0.15, 0.2) is 36.5 Å². The van der Waals surface area contributed by atoms with Gasteiger partial charge in [-0.25, -0.2) is 22.8 Å². The van der Waals surface area contributed by atoms with Crippen molar-refractivity contribution in [3.8, 4) is 5.82 Å². The Kier molecular flexibility index (Phi) is 7.52. The summed E-state index contributed by atoms with van der Waals surface area (Å²) in [6.07, 6.45) is 0.551. The van der Waals surface area contributed by atoms with Crippen molar-refractivity contribution in [1.82, 2.24) is 40.3 Å². The van der Waals surface area contributed by atoms with E-state index in [4.69, 9.17) is 11.6 Å². The van der Waals surface area contributed by atoms with Crippen LogP contribution in [0.1, 0.15) is 64.1 Å². The van der Waals surface area contributed by atoms with E-state index in [1.54, 1.807) is 19.1 Å². The minimum atomic E-state index is -2.91. The van der Waals surface area contributed by atoms with Crippen LogP contribution in [-0.2, 0) is 6.54 Å². The summed E-state index contributed by atoms with van der Waals surface area (Å²) in [6.45, 7) is 3.25. The second kappa shape index (κ2) is 11.0. The maximum absolute atomic E-state index is 14.3. The van der Waals surface area contributed by atoms with Gasteiger partial charge in [0.15, 0.2) is 5.82 Å². The molecule has 0 saturated heterocycles. The Morgan fingerprint density at radius 3 is 2.62 bits per heavy atom. The zero-order chi connectivity index (χ0) is 28.6. The van der Waals surface area contributed by atoms with Gasteiger partial charge >= 0.3 is 6.43 Å². The van der Waals surface area contributed by atoms with Crippen LogP contribution in [0.3, 0.4) is 0 Å². The Bertz CT molecular complexity index is 1590. The molecule has 1 aliphatic rings. The number of rotatable bonds is 9. The predicted octanol–water partition coefficient (Wildman–Crippen LogP) is 4.12. The molecule has 0 bridgehead atoms. The molecule has 1 aliphatic carbocycles. The van der Waals surface area contributed by atoms with E-state index in [2.05, 4.69) is 36.1 Å². The number of aryl methyl sites for hydroxylation is 1. The van der Waals surface area contributed by atoms with Gasteiger partial charge in [-0.1, -0.05) is 11.6 Å². The van der Waals surface area contributed by atoms with Crippen LogP contribution in [0.2, 0.25) is 5.02 Å². The number of halogens is 4. The van der Waals surface area contributed by atoms with Gasteiger partial charge in [0.2, 0.25) is 5.82 Å². The monoisotopic (exact) mass is 573 g/mol. The summed E-state index contributed by atoms with van der Waals surface area (Å²) in [5.41, 5.74) is 0.564. The van der Waals surface area contributed by atoms with Gasteiger partial charge in [-0.2, -0.15) is 9.90 Å². The highest BCUT2D eigenvalue weighted by molar-refractivity contribution is 6.32. The molecule has 3 aromatic heterocycles. The van der Waals surface area contributed by atoms with Crippen LogP contribution in [-0.4, -0.2) is 52.8 Å². The first-order valence-corrected chi connectivity index (χ1v) is 12.7. The molecule has 3 heterocycles. The molecular formula is C25H23ClF3N9O2. The van der Waals surface area contributed by atoms with Crippen molar-refractivity contribution in [2.45, 2.75) is 45.7 Å². The molecule has 2 amide bonds. The molecule has 1 saturated carbocycles. The molecule has 1 unspecified atom stereocenters. The minimum absolute atomic E-state index is 0.0353. The maximum Gasteiger partial charge on any atom is 0.301 e. The van der Waals surface area contributed by atoms with Crippen molar-refractivity contribution in [2.24, 2.45) is 5.92 Å². The van der Waals surface area contributed by atoms with E-state index >= 15 is 0 Å². The third kappa shape index (κ3) is 5.81. The fourth-order valence-electron chi connectivity index (χ4n) is 4.18. The average Bonchev–Trinajstić information content (AvgIpc) is 3.52. The van der Waals surface area contributed by atoms with E-state index in [1.807, 2.05) is 6.92 Å². The fraction of sp³-hybridized carbons (Fsp3) is 0.320. The summed E-state index contributed by atoms with van der Waals surface area (Å²) in [6, 6.07) is 6.68. The minimum Gasteiger partial charge on any atom is -0.349 e. The first-order valence-electron chi connectivity index (χ1n) is 12.3. The topological polar surface area (TPSA) is 133 Å². The van der Waals surface area contributed by atoms with Crippen LogP contribution >= 0.6 is 11.6 Å². The highest BCUT2D eigenvalue weighted by Gasteiger charge is 2.30. The third-order valence-corrected chi connectivity index (χ3v) is 6.67. The molecule has 1 fully saturated rings. The molecule has 0 spiro atoms. The number of pyridine rings is 1. The van der Waals surface area contributed by atoms with Crippen LogP contribution in [0.4, 0.5) is 18.9 Å². The molecule has 1 aromatic carbocycles. The van der Waals surface area contributed by atoms with Gasteiger partial charge < -0.3 is 10.6 Å². The van der Waals surface area contributed by atoms with Gasteiger partial charge in [-0.3, -0.25) is 9.59 Å². The summed E-state index contributed by atoms with van der Waals surface area (Å²) < 4.78 is 41.3. The lowest BCUT2D eigenvalue weighted by Gasteiger charge is -2.17. The maximum atomic E-state index is 14.3. The summed E-state index contributed by atoms with van der Waals surface area (Å²) in [7, 11) is 0. The Morgan fingerprint density at radius 2 is 1.95 bits per heavy atom. The van der Waals surface area contributed by atoms with Crippen LogP contribution in [0.25, 0.3) is 5.82 Å². The Balaban J connectivity index is 1.49. The first-order chi connectivity index (χ1) is 19.1. The summed E-state index contributed by atoms with van der Waals surface area (Å²) in [5.74, 6) is -2.13. The smallest absolute Gasteiger partial charge is 0.301 e. The second-order valence-electron chi connectivity index (χ2n) is 9.42. The number of tetrazole rings is 1. The molecule has 2 N–H and O–H groups in total. The van der Waals surface area contributed by atoms with Crippen molar-refractivity contribution in [3.05, 3.63) is 75.7 Å². The zero-order valence-electron chi connectivity index (χ0n) is 21.3. The number of amides is 2. The molecule has 4 aromatic rings. The fourth-order valence-corrected chi connectivity index (χ4v) is 4.38. The number of carbonyl (C=O) groups excluding carboxylic acids is 2. The Hall–Kier alpha value is -4.33. The molecule has 11 nitrogen and oxygen atoms in total. The number of nitrogens with zero attached hydrogens (tertiary/aromatic N) is 7. The van der Waals surface area contributed by atoms with E-state index in [1.165, 1.54) is 23.0 Å². The second-order valence-corrected chi connectivity index (χ2v) is 9.83. The van der Waals surface area contributed by atoms with Crippen molar-refractivity contribution < 1.29 is 22.8 Å². The highest BCUT2D eigenvalue weighted by Crippen LogP contribution is 2.33. The van der Waals surface area contributed by atoms with E-state index in [0.29, 0.717) is 11.5 Å². The summed E-state index contributed by atoms with van der Waals surface area (Å²) >= 11 is 6.32. The van der Waals surface area contributed by atoms with Gasteiger partial charge in [0.1, 0.15) is 18.1 Å². The highest BCUT2D eigenvalue weighted by atomic mass is 35.5. The average molecular weight is 574 g/mol. The van der Waals surface area contributed by atoms with Gasteiger partial charge in [-0.15, -0.1) is 10.2 Å². The molecule has 208 valence electrons. The van der Waals surface area contributed by atoms with E-state index in [9.17, 15) is 22.8 Å². The predicted molar refractivity (Wildman–Crippen MR) is 137 cm³/mol. The van der Waals surface area contributed by atoms with Crippen molar-refractivity contribution in [1.29, 1.82) is 0 Å².